The van der Waals surface area contributed by atoms with Crippen LogP contribution < -0.4 is 18.9 Å². The van der Waals surface area contributed by atoms with Gasteiger partial charge in [-0.25, -0.2) is 4.79 Å². The lowest BCUT2D eigenvalue weighted by molar-refractivity contribution is -0.112. The largest absolute Gasteiger partial charge is 0.493 e. The first-order chi connectivity index (χ1) is 16.0. The second kappa shape index (κ2) is 10.0. The second-order valence-corrected chi connectivity index (χ2v) is 7.65. The summed E-state index contributed by atoms with van der Waals surface area (Å²) in [6.07, 6.45) is -0.565. The van der Waals surface area contributed by atoms with E-state index in [1.54, 1.807) is 12.1 Å². The van der Waals surface area contributed by atoms with Gasteiger partial charge < -0.3 is 28.4 Å². The number of hydrogen-bond donors (Lipinski definition) is 0. The van der Waals surface area contributed by atoms with Gasteiger partial charge in [0, 0.05) is 21.7 Å². The highest BCUT2D eigenvalue weighted by atomic mass is 35.5. The fourth-order valence-electron chi connectivity index (χ4n) is 3.58. The summed E-state index contributed by atoms with van der Waals surface area (Å²) >= 11 is 6.28. The zero-order chi connectivity index (χ0) is 23.4. The molecule has 8 heteroatoms. The number of halogens is 1. The molecule has 33 heavy (non-hydrogen) atoms. The van der Waals surface area contributed by atoms with Crippen LogP contribution in [0.25, 0.3) is 0 Å². The highest BCUT2D eigenvalue weighted by Gasteiger charge is 2.26. The van der Waals surface area contributed by atoms with E-state index in [0.717, 1.165) is 11.1 Å². The monoisotopic (exact) mass is 470 g/mol. The Morgan fingerprint density at radius 1 is 1.00 bits per heavy atom. The summed E-state index contributed by atoms with van der Waals surface area (Å²) in [5.41, 5.74) is 2.57. The molecule has 3 aromatic carbocycles. The fourth-order valence-corrected chi connectivity index (χ4v) is 3.85. The first kappa shape index (κ1) is 22.8. The Hall–Kier alpha value is -3.42. The van der Waals surface area contributed by atoms with Crippen LogP contribution in [0.4, 0.5) is 0 Å². The first-order valence-electron chi connectivity index (χ1n) is 10.2. The Morgan fingerprint density at radius 3 is 2.33 bits per heavy atom. The lowest BCUT2D eigenvalue weighted by atomic mass is 10.1. The molecule has 0 unspecified atom stereocenters. The smallest absolute Gasteiger partial charge is 0.338 e. The van der Waals surface area contributed by atoms with E-state index >= 15 is 0 Å². The number of benzene rings is 3. The summed E-state index contributed by atoms with van der Waals surface area (Å²) in [5, 5.41) is 0.498. The molecular formula is C25H23ClO7. The van der Waals surface area contributed by atoms with Gasteiger partial charge in [-0.15, -0.1) is 0 Å². The molecule has 0 radical (unpaired) electrons. The third-order valence-electron chi connectivity index (χ3n) is 5.15. The average Bonchev–Trinajstić information content (AvgIpc) is 2.86. The third kappa shape index (κ3) is 4.84. The number of fused-ring (bicyclic) bond motifs is 1. The standard InChI is InChI=1S/C25H23ClO7/c1-28-20-11-16(12-21(29-2)23(20)30-3)24(27)31-13-17-9-19(26)10-18-14-32-25(33-22(17)18)15-7-5-4-6-8-15/h4-12,25H,13-14H2,1-3H3/t25-/m0/s1. The van der Waals surface area contributed by atoms with Crippen molar-refractivity contribution < 1.29 is 33.2 Å². The van der Waals surface area contributed by atoms with Crippen molar-refractivity contribution in [2.45, 2.75) is 19.5 Å². The number of ether oxygens (including phenoxy) is 6. The molecule has 1 heterocycles. The van der Waals surface area contributed by atoms with Crippen LogP contribution in [0, 0.1) is 0 Å². The molecule has 0 aromatic heterocycles. The summed E-state index contributed by atoms with van der Waals surface area (Å²) in [7, 11) is 4.45. The minimum Gasteiger partial charge on any atom is -0.493 e. The van der Waals surface area contributed by atoms with Gasteiger partial charge in [-0.3, -0.25) is 0 Å². The quantitative estimate of drug-likeness (QED) is 0.432. The van der Waals surface area contributed by atoms with E-state index in [-0.39, 0.29) is 12.2 Å². The van der Waals surface area contributed by atoms with E-state index in [2.05, 4.69) is 0 Å². The zero-order valence-corrected chi connectivity index (χ0v) is 19.2. The molecule has 7 nitrogen and oxygen atoms in total. The topological polar surface area (TPSA) is 72.5 Å². The number of carbonyl (C=O) groups excluding carboxylic acids is 1. The molecule has 1 atom stereocenters. The summed E-state index contributed by atoms with van der Waals surface area (Å²) in [5.74, 6) is 1.14. The minimum absolute atomic E-state index is 0.0418. The molecule has 0 amide bonds. The molecule has 172 valence electrons. The molecule has 0 N–H and O–H groups in total. The molecule has 0 saturated heterocycles. The number of esters is 1. The summed E-state index contributed by atoms with van der Waals surface area (Å²) < 4.78 is 33.5. The van der Waals surface area contributed by atoms with Crippen molar-refractivity contribution in [3.63, 3.8) is 0 Å². The van der Waals surface area contributed by atoms with Crippen molar-refractivity contribution >= 4 is 17.6 Å². The van der Waals surface area contributed by atoms with Crippen molar-refractivity contribution in [3.8, 4) is 23.0 Å². The number of carbonyl (C=O) groups is 1. The van der Waals surface area contributed by atoms with Crippen LogP contribution in [0.2, 0.25) is 5.02 Å². The molecule has 1 aliphatic heterocycles. The average molecular weight is 471 g/mol. The van der Waals surface area contributed by atoms with Gasteiger partial charge in [-0.05, 0) is 24.3 Å². The van der Waals surface area contributed by atoms with Gasteiger partial charge in [0.05, 0.1) is 33.5 Å². The fraction of sp³-hybridized carbons (Fsp3) is 0.240. The Bertz CT molecular complexity index is 1120. The molecule has 0 aliphatic carbocycles. The molecule has 0 saturated carbocycles. The SMILES string of the molecule is COc1cc(C(=O)OCc2cc(Cl)cc3c2O[C@@H](c2ccccc2)OC3)cc(OC)c1OC. The maximum absolute atomic E-state index is 12.8. The van der Waals surface area contributed by atoms with Crippen molar-refractivity contribution in [1.82, 2.24) is 0 Å². The maximum atomic E-state index is 12.8. The molecule has 1 aliphatic rings. The van der Waals surface area contributed by atoms with Crippen LogP contribution in [0.5, 0.6) is 23.0 Å². The molecule has 0 spiro atoms. The summed E-state index contributed by atoms with van der Waals surface area (Å²) in [6.45, 7) is 0.281. The highest BCUT2D eigenvalue weighted by molar-refractivity contribution is 6.30. The van der Waals surface area contributed by atoms with Crippen molar-refractivity contribution in [3.05, 3.63) is 81.9 Å². The van der Waals surface area contributed by atoms with E-state index < -0.39 is 12.3 Å². The Balaban J connectivity index is 1.56. The second-order valence-electron chi connectivity index (χ2n) is 7.21. The first-order valence-corrected chi connectivity index (χ1v) is 10.5. The lowest BCUT2D eigenvalue weighted by Crippen LogP contribution is -2.19. The molecule has 4 rings (SSSR count). The van der Waals surface area contributed by atoms with Gasteiger partial charge >= 0.3 is 5.97 Å². The predicted molar refractivity (Wildman–Crippen MR) is 121 cm³/mol. The maximum Gasteiger partial charge on any atom is 0.338 e. The summed E-state index contributed by atoms with van der Waals surface area (Å²) in [4.78, 5) is 12.8. The molecular weight excluding hydrogens is 448 g/mol. The lowest BCUT2D eigenvalue weighted by Gasteiger charge is -2.28. The van der Waals surface area contributed by atoms with Crippen molar-refractivity contribution in [2.24, 2.45) is 0 Å². The van der Waals surface area contributed by atoms with E-state index in [1.165, 1.54) is 33.5 Å². The van der Waals surface area contributed by atoms with Gasteiger partial charge in [0.2, 0.25) is 12.0 Å². The Labute approximate surface area is 196 Å². The van der Waals surface area contributed by atoms with E-state index in [0.29, 0.717) is 40.2 Å². The van der Waals surface area contributed by atoms with E-state index in [9.17, 15) is 4.79 Å². The van der Waals surface area contributed by atoms with Gasteiger partial charge in [0.25, 0.3) is 0 Å². The number of hydrogen-bond acceptors (Lipinski definition) is 7. The van der Waals surface area contributed by atoms with Gasteiger partial charge in [0.15, 0.2) is 11.5 Å². The summed E-state index contributed by atoms with van der Waals surface area (Å²) in [6, 6.07) is 16.2. The molecule has 0 bridgehead atoms. The van der Waals surface area contributed by atoms with Crippen molar-refractivity contribution in [2.75, 3.05) is 21.3 Å². The Morgan fingerprint density at radius 2 is 1.70 bits per heavy atom. The zero-order valence-electron chi connectivity index (χ0n) is 18.4. The molecule has 0 fully saturated rings. The highest BCUT2D eigenvalue weighted by Crippen LogP contribution is 2.40. The third-order valence-corrected chi connectivity index (χ3v) is 5.37. The van der Waals surface area contributed by atoms with Crippen LogP contribution in [0.15, 0.2) is 54.6 Å². The van der Waals surface area contributed by atoms with E-state index in [1.807, 2.05) is 30.3 Å². The van der Waals surface area contributed by atoms with Crippen LogP contribution in [0.3, 0.4) is 0 Å². The number of rotatable bonds is 7. The van der Waals surface area contributed by atoms with Gasteiger partial charge in [-0.2, -0.15) is 0 Å². The Kier molecular flexibility index (Phi) is 6.91. The van der Waals surface area contributed by atoms with Crippen molar-refractivity contribution in [1.29, 1.82) is 0 Å². The van der Waals surface area contributed by atoms with E-state index in [4.69, 9.17) is 40.0 Å². The minimum atomic E-state index is -0.565. The van der Waals surface area contributed by atoms with Crippen LogP contribution >= 0.6 is 11.6 Å². The van der Waals surface area contributed by atoms with Crippen LogP contribution in [-0.4, -0.2) is 27.3 Å². The predicted octanol–water partition coefficient (Wildman–Crippen LogP) is 5.33. The van der Waals surface area contributed by atoms with Gasteiger partial charge in [0.1, 0.15) is 12.4 Å². The normalized spacial score (nSPS) is 14.6. The van der Waals surface area contributed by atoms with Gasteiger partial charge in [-0.1, -0.05) is 41.9 Å². The number of methoxy groups -OCH3 is 3. The van der Waals surface area contributed by atoms with Crippen LogP contribution in [0.1, 0.15) is 33.3 Å². The molecule has 3 aromatic rings. The van der Waals surface area contributed by atoms with Crippen LogP contribution in [-0.2, 0) is 22.7 Å².